The Morgan fingerprint density at radius 1 is 0.591 bits per heavy atom. The molecule has 0 aliphatic carbocycles. The monoisotopic (exact) mass is 1270 g/mol. The van der Waals surface area contributed by atoms with E-state index in [1.54, 1.807) is 48.7 Å². The van der Waals surface area contributed by atoms with Gasteiger partial charge in [0.25, 0.3) is 32.6 Å². The van der Waals surface area contributed by atoms with E-state index in [0.29, 0.717) is 0 Å². The first-order valence-electron chi connectivity index (χ1n) is 28.3. The number of ether oxygens (including phenoxy) is 12. The summed E-state index contributed by atoms with van der Waals surface area (Å²) in [7, 11) is -0.0775. The maximum Gasteiger partial charge on any atom is 0.302 e. The maximum absolute atomic E-state index is 13.0. The lowest BCUT2D eigenvalue weighted by Crippen LogP contribution is -2.42. The van der Waals surface area contributed by atoms with E-state index < -0.39 is 106 Å². The number of amides is 2. The van der Waals surface area contributed by atoms with Crippen molar-refractivity contribution in [2.75, 3.05) is 70.6 Å². The fraction of sp³-hybridized carbons (Fsp3) is 0.698. The molecule has 6 heterocycles. The number of nitrogens with one attached hydrogen (secondary N) is 4. The lowest BCUT2D eigenvalue weighted by atomic mass is 10.1. The van der Waals surface area contributed by atoms with Crippen LogP contribution in [0.25, 0.3) is 22.3 Å². The zero-order valence-corrected chi connectivity index (χ0v) is 52.8. The average Bonchev–Trinajstić information content (AvgIpc) is 1.90. The standard InChI is InChI=1S/C30H49N6O12P.C23H33N5O11/c1-16(2)26(39)33-29-32-25-22(27(40)34-29)31-15-35(25)28-24(23(19(7)46-28)48-49(41-10)36(17(3)4)18(5)6)47-30(44-13-11-42-20(8)37)45-14-12-43-21(9)38;1-11(2)19(32)26-22-25-18-15(20(33)27-22)24-10-28(18)21-17(16(31)12(3)38-21)39-23(36-8-6-34-13(4)29)37-9-7-35-14(5)30/h15-19,23-24,28,30H,11-14H2,1-10H3,(H2,32,33,34,39,40);10-12,16-17,21,23,31H,6-9H2,1-5H3,(H2,25,26,27,32,33)/t19-,23+,24?,28-,49?;12-,16+,17?,21-/m11/s1. The van der Waals surface area contributed by atoms with Gasteiger partial charge in [-0.1, -0.05) is 27.7 Å². The Labute approximate surface area is 507 Å². The van der Waals surface area contributed by atoms with Gasteiger partial charge in [0.2, 0.25) is 23.7 Å². The summed E-state index contributed by atoms with van der Waals surface area (Å²) in [5.74, 6) is -3.57. The minimum atomic E-state index is -1.64. The average molecular weight is 1270 g/mol. The maximum atomic E-state index is 13.0. The Bertz CT molecular complexity index is 3010. The highest BCUT2D eigenvalue weighted by Gasteiger charge is 2.50. The van der Waals surface area contributed by atoms with Crippen molar-refractivity contribution in [3.8, 4) is 0 Å². The Hall–Kier alpha value is -6.53. The Balaban J connectivity index is 0.000000329. The van der Waals surface area contributed by atoms with E-state index in [1.807, 2.05) is 27.7 Å². The summed E-state index contributed by atoms with van der Waals surface area (Å²) in [6, 6.07) is 0.127. The van der Waals surface area contributed by atoms with Gasteiger partial charge in [0.1, 0.15) is 50.8 Å². The van der Waals surface area contributed by atoms with Gasteiger partial charge in [-0.25, -0.2) is 14.6 Å². The zero-order chi connectivity index (χ0) is 65.1. The van der Waals surface area contributed by atoms with E-state index >= 15 is 0 Å². The van der Waals surface area contributed by atoms with E-state index in [1.165, 1.54) is 49.5 Å². The van der Waals surface area contributed by atoms with E-state index in [-0.39, 0.29) is 123 Å². The molecule has 2 fully saturated rings. The summed E-state index contributed by atoms with van der Waals surface area (Å²) in [5.41, 5.74) is -1.02. The van der Waals surface area contributed by atoms with Crippen LogP contribution in [0.2, 0.25) is 0 Å². The summed E-state index contributed by atoms with van der Waals surface area (Å²) in [6.45, 7) is 19.8. The molecule has 2 amide bonds. The van der Waals surface area contributed by atoms with Crippen LogP contribution in [0.3, 0.4) is 0 Å². The minimum absolute atomic E-state index is 0.00124. The largest absolute Gasteiger partial charge is 0.463 e. The summed E-state index contributed by atoms with van der Waals surface area (Å²) in [4.78, 5) is 117. The third kappa shape index (κ3) is 20.8. The number of carbonyl (C=O) groups excluding carboxylic acids is 6. The highest BCUT2D eigenvalue weighted by molar-refractivity contribution is 7.44. The molecule has 0 bridgehead atoms. The van der Waals surface area contributed by atoms with Crippen LogP contribution in [-0.4, -0.2) is 206 Å². The normalized spacial score (nSPS) is 20.6. The molecule has 0 radical (unpaired) electrons. The number of anilines is 2. The Morgan fingerprint density at radius 3 is 1.31 bits per heavy atom. The van der Waals surface area contributed by atoms with Crippen LogP contribution in [0.5, 0.6) is 0 Å². The molecule has 4 aromatic rings. The molecule has 9 atom stereocenters. The number of fused-ring (bicyclic) bond motifs is 2. The molecule has 35 heteroatoms. The van der Waals surface area contributed by atoms with Crippen molar-refractivity contribution in [2.24, 2.45) is 11.8 Å². The second-order valence-corrected chi connectivity index (χ2v) is 22.4. The van der Waals surface area contributed by atoms with Crippen LogP contribution < -0.4 is 21.8 Å². The quantitative estimate of drug-likeness (QED) is 0.0154. The van der Waals surface area contributed by atoms with E-state index in [4.69, 9.17) is 65.9 Å². The highest BCUT2D eigenvalue weighted by atomic mass is 31.2. The fourth-order valence-corrected chi connectivity index (χ4v) is 10.1. The number of aromatic amines is 2. The van der Waals surface area contributed by atoms with Gasteiger partial charge in [-0.2, -0.15) is 9.97 Å². The van der Waals surface area contributed by atoms with Gasteiger partial charge in [-0.05, 0) is 41.5 Å². The number of hydrogen-bond acceptors (Lipinski definition) is 28. The summed E-state index contributed by atoms with van der Waals surface area (Å²) >= 11 is 0. The van der Waals surface area contributed by atoms with Crippen molar-refractivity contribution in [3.63, 3.8) is 0 Å². The molecule has 0 spiro atoms. The lowest BCUT2D eigenvalue weighted by molar-refractivity contribution is -0.320. The number of aliphatic hydroxyl groups excluding tert-OH is 1. The van der Waals surface area contributed by atoms with Crippen molar-refractivity contribution in [1.82, 2.24) is 43.7 Å². The predicted octanol–water partition coefficient (Wildman–Crippen LogP) is 2.66. The first kappa shape index (κ1) is 72.2. The molecular weight excluding hydrogens is 1190 g/mol. The molecule has 88 heavy (non-hydrogen) atoms. The third-order valence-electron chi connectivity index (χ3n) is 12.5. The number of hydrogen-bond donors (Lipinski definition) is 5. The SMILES string of the molecule is CC(=O)OCCOC(OCCOC(C)=O)OC1[C@@H](O)[C@@H](C)O[C@H]1n1cnc2c(=O)[nH]c(NC(=O)C(C)C)nc21.COP(O[C@@H]1C(OC(OCCOC(C)=O)OCCOC(C)=O)[C@H](n2cnc3c(=O)[nH]c(NC(=O)C(C)C)nc32)O[C@@H]1C)N(C(C)C)C(C)C. The zero-order valence-electron chi connectivity index (χ0n) is 51.9. The van der Waals surface area contributed by atoms with Gasteiger partial charge in [-0.3, -0.25) is 68.1 Å². The molecule has 5 N–H and O–H groups in total. The number of esters is 4. The first-order chi connectivity index (χ1) is 41.6. The second kappa shape index (κ2) is 34.4. The van der Waals surface area contributed by atoms with Crippen LogP contribution in [0.15, 0.2) is 22.2 Å². The number of imidazole rings is 2. The number of H-pyrrole nitrogens is 2. The number of aliphatic hydroxyl groups is 1. The van der Waals surface area contributed by atoms with Crippen LogP contribution in [-0.2, 0) is 94.7 Å². The van der Waals surface area contributed by atoms with E-state index in [2.05, 4.69) is 45.2 Å². The summed E-state index contributed by atoms with van der Waals surface area (Å²) in [6.07, 6.45) is -4.80. The Kier molecular flexibility index (Phi) is 28.3. The topological polar surface area (TPSA) is 406 Å². The van der Waals surface area contributed by atoms with Crippen molar-refractivity contribution < 1.29 is 99.8 Å². The van der Waals surface area contributed by atoms with E-state index in [9.17, 15) is 43.5 Å². The Morgan fingerprint density at radius 2 is 0.955 bits per heavy atom. The van der Waals surface area contributed by atoms with Crippen molar-refractivity contribution in [3.05, 3.63) is 33.4 Å². The molecule has 492 valence electrons. The number of rotatable bonds is 32. The van der Waals surface area contributed by atoms with Gasteiger partial charge < -0.3 is 71.0 Å². The highest BCUT2D eigenvalue weighted by Crippen LogP contribution is 2.50. The van der Waals surface area contributed by atoms with Gasteiger partial charge in [0, 0.05) is 58.7 Å². The van der Waals surface area contributed by atoms with Crippen molar-refractivity contribution in [1.29, 1.82) is 0 Å². The summed E-state index contributed by atoms with van der Waals surface area (Å²) in [5, 5.41) is 16.0. The fourth-order valence-electron chi connectivity index (χ4n) is 8.47. The molecule has 4 aromatic heterocycles. The number of aromatic nitrogens is 8. The van der Waals surface area contributed by atoms with Gasteiger partial charge in [0.05, 0.1) is 51.3 Å². The van der Waals surface area contributed by atoms with Gasteiger partial charge in [0.15, 0.2) is 34.8 Å². The first-order valence-corrected chi connectivity index (χ1v) is 29.4. The number of nitrogens with zero attached hydrogens (tertiary/aromatic N) is 7. The molecule has 34 nitrogen and oxygen atoms in total. The van der Waals surface area contributed by atoms with Crippen molar-refractivity contribution >= 4 is 78.4 Å². The molecule has 2 saturated heterocycles. The van der Waals surface area contributed by atoms with Gasteiger partial charge in [-0.15, -0.1) is 0 Å². The predicted molar refractivity (Wildman–Crippen MR) is 307 cm³/mol. The van der Waals surface area contributed by atoms with Crippen LogP contribution >= 0.6 is 8.53 Å². The smallest absolute Gasteiger partial charge is 0.302 e. The lowest BCUT2D eigenvalue weighted by Gasteiger charge is -2.37. The molecule has 0 saturated carbocycles. The van der Waals surface area contributed by atoms with Crippen LogP contribution in [0.4, 0.5) is 11.9 Å². The number of carbonyl (C=O) groups is 6. The molecule has 2 aliphatic heterocycles. The van der Waals surface area contributed by atoms with Crippen molar-refractivity contribution in [2.45, 2.75) is 171 Å². The molecule has 6 rings (SSSR count). The van der Waals surface area contributed by atoms with E-state index in [0.717, 1.165) is 0 Å². The van der Waals surface area contributed by atoms with Gasteiger partial charge >= 0.3 is 23.9 Å². The third-order valence-corrected chi connectivity index (χ3v) is 14.6. The molecule has 0 aromatic carbocycles. The summed E-state index contributed by atoms with van der Waals surface area (Å²) < 4.78 is 84.5. The molecular formula is C53H82N11O23P. The molecule has 3 unspecified atom stereocenters. The molecule has 2 aliphatic rings. The second-order valence-electron chi connectivity index (χ2n) is 20.9. The van der Waals surface area contributed by atoms with Crippen LogP contribution in [0, 0.1) is 11.8 Å². The minimum Gasteiger partial charge on any atom is -0.463 e. The van der Waals surface area contributed by atoms with Crippen LogP contribution in [0.1, 0.15) is 109 Å².